The highest BCUT2D eigenvalue weighted by molar-refractivity contribution is 5.69. The fourth-order valence-electron chi connectivity index (χ4n) is 3.35. The van der Waals surface area contributed by atoms with Crippen LogP contribution < -0.4 is 0 Å². The van der Waals surface area contributed by atoms with Crippen LogP contribution in [0.15, 0.2) is 48.6 Å². The lowest BCUT2D eigenvalue weighted by molar-refractivity contribution is -0.305. The molecule has 1 aliphatic rings. The van der Waals surface area contributed by atoms with Gasteiger partial charge in [0, 0.05) is 6.42 Å². The predicted octanol–water partition coefficient (Wildman–Crippen LogP) is 2.07. The minimum Gasteiger partial charge on any atom is -0.463 e. The summed E-state index contributed by atoms with van der Waals surface area (Å²) in [4.78, 5) is 11.8. The zero-order valence-electron chi connectivity index (χ0n) is 21.2. The molecule has 9 nitrogen and oxygen atoms in total. The second-order valence-corrected chi connectivity index (χ2v) is 8.61. The topological polar surface area (TPSA) is 146 Å². The highest BCUT2D eigenvalue weighted by Crippen LogP contribution is 2.22. The molecule has 0 aliphatic carbocycles. The minimum atomic E-state index is -1.56. The number of hydrogen-bond donors (Lipinski definition) is 5. The summed E-state index contributed by atoms with van der Waals surface area (Å²) in [7, 11) is 0. The SMILES string of the molecule is CC/C=C\C/C=C\C/C=C\C/C=C\CCCCC(=O)OCC(O)COC1OC(CO)C(O)C(O)C1O. The van der Waals surface area contributed by atoms with E-state index in [0.717, 1.165) is 38.5 Å². The molecule has 206 valence electrons. The van der Waals surface area contributed by atoms with Gasteiger partial charge in [0.25, 0.3) is 0 Å². The number of aliphatic hydroxyl groups is 5. The minimum absolute atomic E-state index is 0.244. The quantitative estimate of drug-likeness (QED) is 0.106. The monoisotopic (exact) mass is 512 g/mol. The molecule has 36 heavy (non-hydrogen) atoms. The molecule has 5 N–H and O–H groups in total. The lowest BCUT2D eigenvalue weighted by Crippen LogP contribution is -2.59. The Labute approximate surface area is 214 Å². The first-order valence-corrected chi connectivity index (χ1v) is 12.8. The van der Waals surface area contributed by atoms with E-state index in [1.54, 1.807) is 0 Å². The van der Waals surface area contributed by atoms with Crippen molar-refractivity contribution in [3.63, 3.8) is 0 Å². The van der Waals surface area contributed by atoms with Crippen molar-refractivity contribution in [1.82, 2.24) is 0 Å². The van der Waals surface area contributed by atoms with Gasteiger partial charge in [-0.15, -0.1) is 0 Å². The lowest BCUT2D eigenvalue weighted by Gasteiger charge is -2.39. The zero-order valence-corrected chi connectivity index (χ0v) is 21.2. The van der Waals surface area contributed by atoms with Crippen molar-refractivity contribution in [2.24, 2.45) is 0 Å². The van der Waals surface area contributed by atoms with Crippen molar-refractivity contribution in [1.29, 1.82) is 0 Å². The number of aliphatic hydroxyl groups excluding tert-OH is 5. The molecule has 0 spiro atoms. The second-order valence-electron chi connectivity index (χ2n) is 8.61. The highest BCUT2D eigenvalue weighted by Gasteiger charge is 2.44. The van der Waals surface area contributed by atoms with Crippen molar-refractivity contribution in [3.8, 4) is 0 Å². The molecule has 6 unspecified atom stereocenters. The summed E-state index contributed by atoms with van der Waals surface area (Å²) in [6.07, 6.45) is 15.4. The van der Waals surface area contributed by atoms with E-state index in [9.17, 15) is 25.2 Å². The van der Waals surface area contributed by atoms with Gasteiger partial charge in [-0.05, 0) is 44.9 Å². The first kappa shape index (κ1) is 32.2. The van der Waals surface area contributed by atoms with E-state index >= 15 is 0 Å². The molecule has 0 aromatic rings. The van der Waals surface area contributed by atoms with Crippen LogP contribution in [-0.2, 0) is 19.0 Å². The van der Waals surface area contributed by atoms with Crippen molar-refractivity contribution in [3.05, 3.63) is 48.6 Å². The third kappa shape index (κ3) is 14.0. The van der Waals surface area contributed by atoms with E-state index in [-0.39, 0.29) is 19.6 Å². The number of rotatable bonds is 18. The Hall–Kier alpha value is -1.85. The lowest BCUT2D eigenvalue weighted by atomic mass is 9.99. The van der Waals surface area contributed by atoms with Crippen LogP contribution in [0.25, 0.3) is 0 Å². The molecule has 6 atom stereocenters. The van der Waals surface area contributed by atoms with E-state index in [0.29, 0.717) is 6.42 Å². The van der Waals surface area contributed by atoms with Crippen molar-refractivity contribution in [2.45, 2.75) is 95.1 Å². The van der Waals surface area contributed by atoms with Crippen molar-refractivity contribution >= 4 is 5.97 Å². The number of hydrogen-bond acceptors (Lipinski definition) is 9. The fourth-order valence-corrected chi connectivity index (χ4v) is 3.35. The first-order valence-electron chi connectivity index (χ1n) is 12.8. The Bertz CT molecular complexity index is 687. The van der Waals surface area contributed by atoms with Crippen LogP contribution in [0.2, 0.25) is 0 Å². The number of allylic oxidation sites excluding steroid dienone is 8. The van der Waals surface area contributed by atoms with Crippen LogP contribution in [0.1, 0.15) is 58.3 Å². The average Bonchev–Trinajstić information content (AvgIpc) is 2.88. The van der Waals surface area contributed by atoms with Gasteiger partial charge in [0.2, 0.25) is 0 Å². The maximum absolute atomic E-state index is 11.8. The molecule has 0 radical (unpaired) electrons. The Morgan fingerprint density at radius 3 is 2.08 bits per heavy atom. The number of carbonyl (C=O) groups excluding carboxylic acids is 1. The fraction of sp³-hybridized carbons (Fsp3) is 0.667. The van der Waals surface area contributed by atoms with Crippen molar-refractivity contribution < 1.29 is 44.5 Å². The van der Waals surface area contributed by atoms with Gasteiger partial charge in [0.05, 0.1) is 13.2 Å². The normalized spacial score (nSPS) is 26.0. The Balaban J connectivity index is 2.06. The Morgan fingerprint density at radius 2 is 1.47 bits per heavy atom. The summed E-state index contributed by atoms with van der Waals surface area (Å²) in [6.45, 7) is 0.931. The molecule has 1 rings (SSSR count). The zero-order chi connectivity index (χ0) is 26.6. The molecular weight excluding hydrogens is 468 g/mol. The molecule has 9 heteroatoms. The van der Waals surface area contributed by atoms with Crippen molar-refractivity contribution in [2.75, 3.05) is 19.8 Å². The summed E-state index contributed by atoms with van der Waals surface area (Å²) in [5.41, 5.74) is 0. The van der Waals surface area contributed by atoms with Crippen LogP contribution in [-0.4, -0.2) is 88.1 Å². The average molecular weight is 513 g/mol. The molecule has 0 bridgehead atoms. The van der Waals surface area contributed by atoms with Gasteiger partial charge in [0.15, 0.2) is 6.29 Å². The summed E-state index contributed by atoms with van der Waals surface area (Å²) in [6, 6.07) is 0. The van der Waals surface area contributed by atoms with Gasteiger partial charge >= 0.3 is 5.97 Å². The van der Waals surface area contributed by atoms with Gasteiger partial charge in [-0.2, -0.15) is 0 Å². The molecular formula is C27H44O9. The molecule has 0 amide bonds. The summed E-state index contributed by atoms with van der Waals surface area (Å²) < 4.78 is 15.4. The summed E-state index contributed by atoms with van der Waals surface area (Å²) >= 11 is 0. The summed E-state index contributed by atoms with van der Waals surface area (Å²) in [5.74, 6) is -0.424. The van der Waals surface area contributed by atoms with Crippen LogP contribution >= 0.6 is 0 Å². The molecule has 0 aromatic heterocycles. The molecule has 1 fully saturated rings. The Morgan fingerprint density at radius 1 is 0.861 bits per heavy atom. The van der Waals surface area contributed by atoms with E-state index < -0.39 is 49.4 Å². The van der Waals surface area contributed by atoms with Gasteiger partial charge in [-0.3, -0.25) is 4.79 Å². The second kappa shape index (κ2) is 20.2. The van der Waals surface area contributed by atoms with Gasteiger partial charge in [0.1, 0.15) is 37.1 Å². The van der Waals surface area contributed by atoms with Gasteiger partial charge in [-0.1, -0.05) is 55.5 Å². The summed E-state index contributed by atoms with van der Waals surface area (Å²) in [5, 5.41) is 48.5. The maximum Gasteiger partial charge on any atom is 0.305 e. The third-order valence-electron chi connectivity index (χ3n) is 5.46. The van der Waals surface area contributed by atoms with Crippen LogP contribution in [0.3, 0.4) is 0 Å². The maximum atomic E-state index is 11.8. The molecule has 0 aromatic carbocycles. The van der Waals surface area contributed by atoms with E-state index in [1.165, 1.54) is 0 Å². The molecule has 1 saturated heterocycles. The van der Waals surface area contributed by atoms with Crippen LogP contribution in [0, 0.1) is 0 Å². The number of carbonyl (C=O) groups is 1. The van der Waals surface area contributed by atoms with Gasteiger partial charge < -0.3 is 39.7 Å². The molecule has 0 saturated carbocycles. The molecule has 1 heterocycles. The van der Waals surface area contributed by atoms with E-state index in [4.69, 9.17) is 19.3 Å². The van der Waals surface area contributed by atoms with Crippen LogP contribution in [0.4, 0.5) is 0 Å². The van der Waals surface area contributed by atoms with Crippen LogP contribution in [0.5, 0.6) is 0 Å². The smallest absolute Gasteiger partial charge is 0.305 e. The first-order chi connectivity index (χ1) is 17.4. The standard InChI is InChI=1S/C27H44O9/c1-2-3-4-5-6-7-8-9-10-11-12-13-14-15-16-17-23(30)34-19-21(29)20-35-27-26(33)25(32)24(31)22(18-28)36-27/h3-4,6-7,9-10,12-13,21-22,24-29,31-33H,2,5,8,11,14-20H2,1H3/b4-3-,7-6-,10-9-,13-12-. The Kier molecular flexibility index (Phi) is 18.1. The van der Waals surface area contributed by atoms with E-state index in [1.807, 2.05) is 0 Å². The number of unbranched alkanes of at least 4 members (excludes halogenated alkanes) is 2. The number of esters is 1. The molecule has 1 aliphatic heterocycles. The highest BCUT2D eigenvalue weighted by atomic mass is 16.7. The van der Waals surface area contributed by atoms with Gasteiger partial charge in [-0.25, -0.2) is 0 Å². The third-order valence-corrected chi connectivity index (χ3v) is 5.46. The van der Waals surface area contributed by atoms with E-state index in [2.05, 4.69) is 55.5 Å². The largest absolute Gasteiger partial charge is 0.463 e. The predicted molar refractivity (Wildman–Crippen MR) is 136 cm³/mol. The number of ether oxygens (including phenoxy) is 3.